The van der Waals surface area contributed by atoms with Gasteiger partial charge in [0.05, 0.1) is 5.91 Å². The molecule has 0 bridgehead atoms. The molecule has 38 heavy (non-hydrogen) atoms. The molecule has 0 spiro atoms. The second-order valence-corrected chi connectivity index (χ2v) is 11.4. The van der Waals surface area contributed by atoms with Crippen LogP contribution in [0.1, 0.15) is 33.5 Å². The molecular formula is C26H25Cl2FN3NaO4S. The molecule has 0 fully saturated rings. The molecule has 1 aliphatic rings. The number of benzene rings is 3. The average Bonchev–Trinajstić information content (AvgIpc) is 2.84. The summed E-state index contributed by atoms with van der Waals surface area (Å²) in [6.45, 7) is 1.13. The van der Waals surface area contributed by atoms with Crippen molar-refractivity contribution >= 4 is 45.0 Å². The zero-order valence-electron chi connectivity index (χ0n) is 21.2. The number of hydrogen-bond acceptors (Lipinski definition) is 5. The van der Waals surface area contributed by atoms with Crippen LogP contribution in [0.5, 0.6) is 5.75 Å². The second-order valence-electron chi connectivity index (χ2n) is 8.76. The van der Waals surface area contributed by atoms with E-state index in [9.17, 15) is 17.6 Å². The largest absolute Gasteiger partial charge is 1.00 e. The summed E-state index contributed by atoms with van der Waals surface area (Å²) in [5.41, 5.74) is 2.96. The zero-order chi connectivity index (χ0) is 26.7. The molecule has 0 aliphatic carbocycles. The third kappa shape index (κ3) is 7.21. The van der Waals surface area contributed by atoms with Gasteiger partial charge in [-0.05, 0) is 54.8 Å². The monoisotopic (exact) mass is 587 g/mol. The number of amides is 1. The van der Waals surface area contributed by atoms with Crippen LogP contribution in [0.3, 0.4) is 0 Å². The van der Waals surface area contributed by atoms with Gasteiger partial charge >= 0.3 is 29.6 Å². The first-order valence-electron chi connectivity index (χ1n) is 11.5. The van der Waals surface area contributed by atoms with Crippen LogP contribution in [0.15, 0.2) is 54.6 Å². The van der Waals surface area contributed by atoms with Crippen LogP contribution < -0.4 is 39.2 Å². The summed E-state index contributed by atoms with van der Waals surface area (Å²) in [5, 5.41) is 0.830. The van der Waals surface area contributed by atoms with E-state index in [1.165, 1.54) is 20.2 Å². The number of anilines is 1. The maximum atomic E-state index is 14.2. The van der Waals surface area contributed by atoms with Gasteiger partial charge in [-0.2, -0.15) is 0 Å². The van der Waals surface area contributed by atoms with Gasteiger partial charge < -0.3 is 19.2 Å². The number of rotatable bonds is 8. The van der Waals surface area contributed by atoms with E-state index in [1.54, 1.807) is 42.5 Å². The van der Waals surface area contributed by atoms with E-state index in [1.807, 2.05) is 6.07 Å². The van der Waals surface area contributed by atoms with E-state index in [2.05, 4.69) is 9.62 Å². The number of fused-ring (bicyclic) bond motifs is 1. The Morgan fingerprint density at radius 3 is 2.50 bits per heavy atom. The average molecular weight is 588 g/mol. The maximum absolute atomic E-state index is 14.2. The van der Waals surface area contributed by atoms with Crippen molar-refractivity contribution in [2.45, 2.75) is 26.0 Å². The SMILES string of the molecule is CN(C)S(=O)(=O)[N-]C(=O)c1cccc2c1CCCN2Cc1cc(Cl)ccc1OCc1ccc(Cl)cc1F.[Na+]. The molecule has 0 saturated heterocycles. The minimum atomic E-state index is -4.05. The third-order valence-corrected chi connectivity index (χ3v) is 7.81. The summed E-state index contributed by atoms with van der Waals surface area (Å²) < 4.78 is 48.8. The van der Waals surface area contributed by atoms with Crippen molar-refractivity contribution in [3.05, 3.63) is 97.4 Å². The molecule has 1 amide bonds. The molecule has 12 heteroatoms. The molecule has 0 atom stereocenters. The Morgan fingerprint density at radius 2 is 1.79 bits per heavy atom. The minimum absolute atomic E-state index is 0. The standard InChI is InChI=1S/C26H26Cl2FN3O4S.Na/c1-31(2)37(34,35)30-26(33)22-5-3-7-24-21(22)6-4-12-32(24)15-18-13-19(27)10-11-25(18)36-16-17-8-9-20(28)14-23(17)29;/h3,5,7-11,13-14H,4,6,12,15-16H2,1-2H3,(H,30,33);/q;+1/p-1. The van der Waals surface area contributed by atoms with E-state index >= 15 is 0 Å². The number of carbonyl (C=O) groups is 1. The zero-order valence-corrected chi connectivity index (χ0v) is 25.6. The van der Waals surface area contributed by atoms with Gasteiger partial charge in [0, 0.05) is 59.6 Å². The Hall–Kier alpha value is -1.85. The molecule has 7 nitrogen and oxygen atoms in total. The van der Waals surface area contributed by atoms with E-state index in [0.717, 1.165) is 27.5 Å². The van der Waals surface area contributed by atoms with Crippen LogP contribution in [-0.4, -0.2) is 39.3 Å². The molecule has 3 aromatic rings. The maximum Gasteiger partial charge on any atom is 1.00 e. The smallest absolute Gasteiger partial charge is 0.528 e. The van der Waals surface area contributed by atoms with Crippen LogP contribution in [-0.2, 0) is 29.8 Å². The summed E-state index contributed by atoms with van der Waals surface area (Å²) in [4.78, 5) is 14.9. The van der Waals surface area contributed by atoms with Crippen molar-refractivity contribution in [1.29, 1.82) is 0 Å². The predicted molar refractivity (Wildman–Crippen MR) is 143 cm³/mol. The van der Waals surface area contributed by atoms with Crippen molar-refractivity contribution < 1.29 is 51.9 Å². The van der Waals surface area contributed by atoms with Crippen LogP contribution in [0, 0.1) is 5.82 Å². The van der Waals surface area contributed by atoms with E-state index in [-0.39, 0.29) is 41.7 Å². The number of hydrogen-bond donors (Lipinski definition) is 0. The van der Waals surface area contributed by atoms with Crippen molar-refractivity contribution in [2.75, 3.05) is 25.5 Å². The van der Waals surface area contributed by atoms with Crippen molar-refractivity contribution in [3.63, 3.8) is 0 Å². The summed E-state index contributed by atoms with van der Waals surface area (Å²) in [7, 11) is -1.41. The van der Waals surface area contributed by atoms with Gasteiger partial charge in [-0.25, -0.2) is 17.1 Å². The molecule has 3 aromatic carbocycles. The molecule has 0 unspecified atom stereocenters. The Balaban J connectivity index is 0.00000400. The van der Waals surface area contributed by atoms with E-state index < -0.39 is 21.9 Å². The van der Waals surface area contributed by atoms with Crippen LogP contribution >= 0.6 is 23.2 Å². The van der Waals surface area contributed by atoms with Crippen LogP contribution in [0.2, 0.25) is 10.0 Å². The number of nitrogens with zero attached hydrogens (tertiary/aromatic N) is 3. The van der Waals surface area contributed by atoms with Crippen LogP contribution in [0.4, 0.5) is 10.1 Å². The van der Waals surface area contributed by atoms with Gasteiger partial charge in [0.2, 0.25) is 0 Å². The van der Waals surface area contributed by atoms with Gasteiger partial charge in [0.25, 0.3) is 0 Å². The van der Waals surface area contributed by atoms with E-state index in [4.69, 9.17) is 27.9 Å². The summed E-state index contributed by atoms with van der Waals surface area (Å²) in [6, 6.07) is 14.8. The Labute approximate surface area is 254 Å². The van der Waals surface area contributed by atoms with Gasteiger partial charge in [-0.3, -0.25) is 0 Å². The topological polar surface area (TPSA) is 81.0 Å². The van der Waals surface area contributed by atoms with Crippen LogP contribution in [0.25, 0.3) is 4.72 Å². The summed E-state index contributed by atoms with van der Waals surface area (Å²) in [6.07, 6.45) is 1.37. The van der Waals surface area contributed by atoms with Gasteiger partial charge in [-0.15, -0.1) is 0 Å². The van der Waals surface area contributed by atoms with Gasteiger partial charge in [0.1, 0.15) is 18.2 Å². The van der Waals surface area contributed by atoms with Gasteiger partial charge in [-0.1, -0.05) is 41.4 Å². The molecule has 0 radical (unpaired) electrons. The third-order valence-electron chi connectivity index (χ3n) is 6.02. The van der Waals surface area contributed by atoms with E-state index in [0.29, 0.717) is 40.9 Å². The fraction of sp³-hybridized carbons (Fsp3) is 0.269. The molecule has 0 aromatic heterocycles. The first-order valence-corrected chi connectivity index (χ1v) is 13.6. The first-order chi connectivity index (χ1) is 17.5. The fourth-order valence-electron chi connectivity index (χ4n) is 4.11. The molecule has 0 saturated carbocycles. The number of ether oxygens (including phenoxy) is 1. The fourth-order valence-corrected chi connectivity index (χ4v) is 4.94. The second kappa shape index (κ2) is 13.0. The molecular weight excluding hydrogens is 563 g/mol. The molecule has 1 aliphatic heterocycles. The molecule has 0 N–H and O–H groups in total. The normalized spacial score (nSPS) is 13.1. The summed E-state index contributed by atoms with van der Waals surface area (Å²) >= 11 is 12.1. The van der Waals surface area contributed by atoms with Crippen molar-refractivity contribution in [1.82, 2.24) is 4.31 Å². The quantitative estimate of drug-likeness (QED) is 0.378. The number of carbonyl (C=O) groups excluding carboxylic acids is 1. The van der Waals surface area contributed by atoms with Gasteiger partial charge in [0.15, 0.2) is 10.2 Å². The molecule has 196 valence electrons. The Bertz CT molecular complexity index is 1440. The Morgan fingerprint density at radius 1 is 1.08 bits per heavy atom. The number of halogens is 3. The minimum Gasteiger partial charge on any atom is -0.528 e. The Kier molecular flexibility index (Phi) is 10.5. The molecule has 4 rings (SSSR count). The molecule has 1 heterocycles. The first kappa shape index (κ1) is 30.7. The van der Waals surface area contributed by atoms with Crippen molar-refractivity contribution in [2.24, 2.45) is 0 Å². The van der Waals surface area contributed by atoms with Crippen molar-refractivity contribution in [3.8, 4) is 5.75 Å². The summed E-state index contributed by atoms with van der Waals surface area (Å²) in [5.74, 6) is -0.707. The predicted octanol–water partition coefficient (Wildman–Crippen LogP) is 2.99.